The molecule has 166 valence electrons. The number of carbonyl (C=O) groups is 2. The molecule has 8 nitrogen and oxygen atoms in total. The molecule has 0 aliphatic carbocycles. The normalized spacial score (nSPS) is 16.1. The first-order valence-corrected chi connectivity index (χ1v) is 9.84. The van der Waals surface area contributed by atoms with Crippen molar-refractivity contribution in [3.05, 3.63) is 42.1 Å². The summed E-state index contributed by atoms with van der Waals surface area (Å²) in [4.78, 5) is 38.7. The largest absolute Gasteiger partial charge is 0.490 e. The molecule has 4 heterocycles. The Bertz CT molecular complexity index is 918. The highest BCUT2D eigenvalue weighted by Crippen LogP contribution is 2.25. The summed E-state index contributed by atoms with van der Waals surface area (Å²) >= 11 is 0. The standard InChI is InChI=1S/C18H21N5O.C2HF3O2/c24-18(22-8-1-2-9-22)23-10-5-15-16(6-11-23)20-13-21-17(15)14-4-3-7-19-12-14;3-2(4,5)1(6)7/h3-4,7,12-13H,1-2,5-6,8-11H2;(H,6,7). The van der Waals surface area contributed by atoms with Gasteiger partial charge in [0.1, 0.15) is 6.33 Å². The molecule has 2 amide bonds. The zero-order valence-corrected chi connectivity index (χ0v) is 16.7. The Morgan fingerprint density at radius 2 is 1.65 bits per heavy atom. The average molecular weight is 437 g/mol. The van der Waals surface area contributed by atoms with E-state index in [2.05, 4.69) is 15.0 Å². The highest BCUT2D eigenvalue weighted by molar-refractivity contribution is 5.75. The van der Waals surface area contributed by atoms with Gasteiger partial charge in [0.05, 0.1) is 5.69 Å². The predicted molar refractivity (Wildman–Crippen MR) is 104 cm³/mol. The summed E-state index contributed by atoms with van der Waals surface area (Å²) in [5.74, 6) is -2.76. The second-order valence-corrected chi connectivity index (χ2v) is 7.16. The number of carbonyl (C=O) groups excluding carboxylic acids is 1. The molecule has 0 unspecified atom stereocenters. The fourth-order valence-corrected chi connectivity index (χ4v) is 3.58. The molecule has 1 saturated heterocycles. The van der Waals surface area contributed by atoms with Gasteiger partial charge in [-0.25, -0.2) is 19.6 Å². The third kappa shape index (κ3) is 5.68. The van der Waals surface area contributed by atoms with E-state index in [1.165, 1.54) is 0 Å². The molecule has 2 aromatic heterocycles. The fraction of sp³-hybridized carbons (Fsp3) is 0.450. The number of alkyl halides is 3. The van der Waals surface area contributed by atoms with Crippen LogP contribution in [0.25, 0.3) is 11.3 Å². The van der Waals surface area contributed by atoms with Gasteiger partial charge < -0.3 is 14.9 Å². The first-order chi connectivity index (χ1) is 14.8. The predicted octanol–water partition coefficient (Wildman–Crippen LogP) is 2.79. The number of carboxylic acid groups (broad SMARTS) is 1. The van der Waals surface area contributed by atoms with Gasteiger partial charge in [-0.1, -0.05) is 0 Å². The number of likely N-dealkylation sites (tertiary alicyclic amines) is 1. The van der Waals surface area contributed by atoms with Crippen LogP contribution in [0.3, 0.4) is 0 Å². The van der Waals surface area contributed by atoms with E-state index >= 15 is 0 Å². The second kappa shape index (κ2) is 9.71. The van der Waals surface area contributed by atoms with Gasteiger partial charge in [-0.15, -0.1) is 0 Å². The van der Waals surface area contributed by atoms with Crippen molar-refractivity contribution in [2.24, 2.45) is 0 Å². The van der Waals surface area contributed by atoms with Crippen LogP contribution < -0.4 is 0 Å². The Labute approximate surface area is 176 Å². The van der Waals surface area contributed by atoms with Crippen molar-refractivity contribution >= 4 is 12.0 Å². The van der Waals surface area contributed by atoms with E-state index in [9.17, 15) is 18.0 Å². The van der Waals surface area contributed by atoms with E-state index in [-0.39, 0.29) is 6.03 Å². The summed E-state index contributed by atoms with van der Waals surface area (Å²) in [7, 11) is 0. The van der Waals surface area contributed by atoms with E-state index in [1.54, 1.807) is 12.5 Å². The van der Waals surface area contributed by atoms with Crippen molar-refractivity contribution in [2.75, 3.05) is 26.2 Å². The topological polar surface area (TPSA) is 99.5 Å². The lowest BCUT2D eigenvalue weighted by molar-refractivity contribution is -0.192. The van der Waals surface area contributed by atoms with Gasteiger partial charge in [0.2, 0.25) is 0 Å². The zero-order chi connectivity index (χ0) is 22.4. The number of urea groups is 1. The number of carboxylic acids is 1. The van der Waals surface area contributed by atoms with Crippen molar-refractivity contribution in [3.8, 4) is 11.3 Å². The molecule has 2 aliphatic rings. The minimum atomic E-state index is -5.08. The summed E-state index contributed by atoms with van der Waals surface area (Å²) in [6, 6.07) is 4.12. The molecule has 11 heteroatoms. The van der Waals surface area contributed by atoms with Gasteiger partial charge >= 0.3 is 18.2 Å². The Morgan fingerprint density at radius 1 is 1.00 bits per heavy atom. The number of rotatable bonds is 1. The summed E-state index contributed by atoms with van der Waals surface area (Å²) in [5.41, 5.74) is 4.17. The molecule has 0 spiro atoms. The third-order valence-electron chi connectivity index (χ3n) is 5.11. The second-order valence-electron chi connectivity index (χ2n) is 7.16. The number of hydrogen-bond donors (Lipinski definition) is 1. The number of aliphatic carboxylic acids is 1. The number of hydrogen-bond acceptors (Lipinski definition) is 5. The summed E-state index contributed by atoms with van der Waals surface area (Å²) in [5, 5.41) is 7.12. The van der Waals surface area contributed by atoms with Crippen LogP contribution in [0, 0.1) is 0 Å². The number of nitrogens with zero attached hydrogens (tertiary/aromatic N) is 5. The van der Waals surface area contributed by atoms with E-state index in [0.29, 0.717) is 0 Å². The SMILES string of the molecule is O=C(N1CCCC1)N1CCc2ncnc(-c3cccnc3)c2CC1.O=C(O)C(F)(F)F. The van der Waals surface area contributed by atoms with Gasteiger partial charge in [0, 0.05) is 61.8 Å². The molecule has 4 rings (SSSR count). The monoisotopic (exact) mass is 437 g/mol. The Balaban J connectivity index is 0.000000339. The minimum absolute atomic E-state index is 0.177. The van der Waals surface area contributed by atoms with Crippen LogP contribution in [0.15, 0.2) is 30.9 Å². The molecule has 2 aromatic rings. The van der Waals surface area contributed by atoms with Gasteiger partial charge in [0.25, 0.3) is 0 Å². The molecular weight excluding hydrogens is 415 g/mol. The smallest absolute Gasteiger partial charge is 0.475 e. The number of pyridine rings is 1. The molecule has 2 aliphatic heterocycles. The number of halogens is 3. The number of fused-ring (bicyclic) bond motifs is 1. The average Bonchev–Trinajstić information content (AvgIpc) is 3.20. The zero-order valence-electron chi connectivity index (χ0n) is 16.7. The number of amides is 2. The van der Waals surface area contributed by atoms with Crippen LogP contribution in [0.1, 0.15) is 24.1 Å². The van der Waals surface area contributed by atoms with E-state index in [1.807, 2.05) is 28.1 Å². The highest BCUT2D eigenvalue weighted by Gasteiger charge is 2.38. The number of aromatic nitrogens is 3. The first kappa shape index (κ1) is 22.4. The van der Waals surface area contributed by atoms with Gasteiger partial charge in [-0.3, -0.25) is 4.98 Å². The summed E-state index contributed by atoms with van der Waals surface area (Å²) < 4.78 is 31.7. The minimum Gasteiger partial charge on any atom is -0.475 e. The molecule has 0 radical (unpaired) electrons. The summed E-state index contributed by atoms with van der Waals surface area (Å²) in [6.07, 6.45) is 3.96. The molecule has 0 saturated carbocycles. The van der Waals surface area contributed by atoms with E-state index in [4.69, 9.17) is 9.90 Å². The van der Waals surface area contributed by atoms with Crippen molar-refractivity contribution < 1.29 is 27.9 Å². The van der Waals surface area contributed by atoms with Crippen molar-refractivity contribution in [1.29, 1.82) is 0 Å². The quantitative estimate of drug-likeness (QED) is 0.737. The van der Waals surface area contributed by atoms with E-state index < -0.39 is 12.1 Å². The van der Waals surface area contributed by atoms with Crippen LogP contribution in [-0.2, 0) is 17.6 Å². The van der Waals surface area contributed by atoms with E-state index in [0.717, 1.165) is 74.4 Å². The third-order valence-corrected chi connectivity index (χ3v) is 5.11. The lowest BCUT2D eigenvalue weighted by atomic mass is 10.0. The van der Waals surface area contributed by atoms with Crippen molar-refractivity contribution in [2.45, 2.75) is 31.9 Å². The fourth-order valence-electron chi connectivity index (χ4n) is 3.58. The summed E-state index contributed by atoms with van der Waals surface area (Å²) in [6.45, 7) is 3.24. The Morgan fingerprint density at radius 3 is 2.26 bits per heavy atom. The van der Waals surface area contributed by atoms with Crippen LogP contribution in [0.2, 0.25) is 0 Å². The van der Waals surface area contributed by atoms with Crippen molar-refractivity contribution in [3.63, 3.8) is 0 Å². The molecule has 1 fully saturated rings. The molecular formula is C20H22F3N5O3. The molecule has 0 aromatic carbocycles. The lowest BCUT2D eigenvalue weighted by Gasteiger charge is -2.26. The highest BCUT2D eigenvalue weighted by atomic mass is 19.4. The molecule has 0 bridgehead atoms. The maximum Gasteiger partial charge on any atom is 0.490 e. The van der Waals surface area contributed by atoms with Gasteiger partial charge in [0.15, 0.2) is 0 Å². The van der Waals surface area contributed by atoms with Gasteiger partial charge in [-0.05, 0) is 31.4 Å². The lowest BCUT2D eigenvalue weighted by Crippen LogP contribution is -2.42. The maximum atomic E-state index is 12.7. The van der Waals surface area contributed by atoms with Crippen LogP contribution in [0.5, 0.6) is 0 Å². The molecule has 31 heavy (non-hydrogen) atoms. The van der Waals surface area contributed by atoms with Crippen LogP contribution in [0.4, 0.5) is 18.0 Å². The maximum absolute atomic E-state index is 12.7. The molecule has 0 atom stereocenters. The molecule has 1 N–H and O–H groups in total. The Hall–Kier alpha value is -3.24. The Kier molecular flexibility index (Phi) is 7.03. The first-order valence-electron chi connectivity index (χ1n) is 9.84. The van der Waals surface area contributed by atoms with Crippen molar-refractivity contribution in [1.82, 2.24) is 24.8 Å². The van der Waals surface area contributed by atoms with Gasteiger partial charge in [-0.2, -0.15) is 13.2 Å². The van der Waals surface area contributed by atoms with Crippen LogP contribution >= 0.6 is 0 Å². The van der Waals surface area contributed by atoms with Crippen LogP contribution in [-0.4, -0.2) is 74.2 Å².